The monoisotopic (exact) mass is 292 g/mol. The number of benzene rings is 1. The van der Waals surface area contributed by atoms with Gasteiger partial charge in [-0.1, -0.05) is 31.6 Å². The van der Waals surface area contributed by atoms with Crippen molar-refractivity contribution in [3.63, 3.8) is 0 Å². The molecule has 0 saturated heterocycles. The minimum atomic E-state index is -0.601. The first-order chi connectivity index (χ1) is 10.2. The molecule has 0 spiro atoms. The highest BCUT2D eigenvalue weighted by Gasteiger charge is 2.22. The molecule has 1 atom stereocenters. The van der Waals surface area contributed by atoms with E-state index in [-0.39, 0.29) is 5.97 Å². The fourth-order valence-corrected chi connectivity index (χ4v) is 1.98. The molecule has 116 valence electrons. The highest BCUT2D eigenvalue weighted by molar-refractivity contribution is 5.75. The van der Waals surface area contributed by atoms with Crippen molar-refractivity contribution < 1.29 is 19.0 Å². The van der Waals surface area contributed by atoms with Crippen LogP contribution in [0.1, 0.15) is 38.7 Å². The first-order valence-corrected chi connectivity index (χ1v) is 7.21. The Labute approximate surface area is 126 Å². The minimum Gasteiger partial charge on any atom is -0.493 e. The highest BCUT2D eigenvalue weighted by atomic mass is 16.6. The predicted molar refractivity (Wildman–Crippen MR) is 83.7 cm³/mol. The molecule has 1 rings (SSSR count). The Morgan fingerprint density at radius 3 is 2.62 bits per heavy atom. The van der Waals surface area contributed by atoms with Crippen LogP contribution in [0.4, 0.5) is 0 Å². The summed E-state index contributed by atoms with van der Waals surface area (Å²) >= 11 is 0. The van der Waals surface area contributed by atoms with E-state index in [1.807, 2.05) is 37.3 Å². The average molecular weight is 292 g/mol. The van der Waals surface area contributed by atoms with Gasteiger partial charge in [0.25, 0.3) is 0 Å². The predicted octanol–water partition coefficient (Wildman–Crippen LogP) is 3.84. The standard InChI is InChI=1S/C17H24O4/c1-5-7-9-15(17(18)20-4)21-14-11-10-13(8-6-2)12-16(14)19-3/h6,8,10-12,15H,5,7,9H2,1-4H3/b8-6+. The number of hydrogen-bond acceptors (Lipinski definition) is 4. The van der Waals surface area contributed by atoms with Crippen LogP contribution in [0.3, 0.4) is 0 Å². The average Bonchev–Trinajstić information content (AvgIpc) is 2.51. The van der Waals surface area contributed by atoms with E-state index < -0.39 is 6.10 Å². The lowest BCUT2D eigenvalue weighted by Gasteiger charge is -2.18. The van der Waals surface area contributed by atoms with Gasteiger partial charge in [-0.25, -0.2) is 4.79 Å². The van der Waals surface area contributed by atoms with E-state index in [9.17, 15) is 4.79 Å². The van der Waals surface area contributed by atoms with Crippen molar-refractivity contribution in [3.05, 3.63) is 29.8 Å². The Hall–Kier alpha value is -1.97. The van der Waals surface area contributed by atoms with E-state index in [1.54, 1.807) is 7.11 Å². The number of unbranched alkanes of at least 4 members (excludes halogenated alkanes) is 1. The molecule has 0 fully saturated rings. The second-order valence-electron chi connectivity index (χ2n) is 4.68. The van der Waals surface area contributed by atoms with Crippen molar-refractivity contribution >= 4 is 12.0 Å². The summed E-state index contributed by atoms with van der Waals surface area (Å²) in [6, 6.07) is 5.62. The van der Waals surface area contributed by atoms with Gasteiger partial charge in [-0.05, 0) is 37.5 Å². The zero-order chi connectivity index (χ0) is 15.7. The smallest absolute Gasteiger partial charge is 0.347 e. The van der Waals surface area contributed by atoms with Gasteiger partial charge in [0.1, 0.15) is 0 Å². The SMILES string of the molecule is C/C=C/c1ccc(OC(CCCC)C(=O)OC)c(OC)c1. The van der Waals surface area contributed by atoms with Crippen LogP contribution in [0, 0.1) is 0 Å². The molecule has 1 aromatic rings. The van der Waals surface area contributed by atoms with Gasteiger partial charge < -0.3 is 14.2 Å². The third-order valence-corrected chi connectivity index (χ3v) is 3.10. The van der Waals surface area contributed by atoms with Crippen molar-refractivity contribution in [1.29, 1.82) is 0 Å². The molecule has 1 unspecified atom stereocenters. The molecule has 4 heteroatoms. The fraction of sp³-hybridized carbons (Fsp3) is 0.471. The largest absolute Gasteiger partial charge is 0.493 e. The van der Waals surface area contributed by atoms with E-state index in [2.05, 4.69) is 6.92 Å². The maximum Gasteiger partial charge on any atom is 0.347 e. The molecule has 0 N–H and O–H groups in total. The summed E-state index contributed by atoms with van der Waals surface area (Å²) in [7, 11) is 2.96. The third-order valence-electron chi connectivity index (χ3n) is 3.10. The van der Waals surface area contributed by atoms with Crippen LogP contribution in [-0.4, -0.2) is 26.3 Å². The van der Waals surface area contributed by atoms with E-state index in [0.717, 1.165) is 18.4 Å². The second kappa shape index (κ2) is 9.06. The van der Waals surface area contributed by atoms with Crippen molar-refractivity contribution in [1.82, 2.24) is 0 Å². The van der Waals surface area contributed by atoms with E-state index in [4.69, 9.17) is 14.2 Å². The molecule has 0 bridgehead atoms. The van der Waals surface area contributed by atoms with Gasteiger partial charge in [-0.15, -0.1) is 0 Å². The van der Waals surface area contributed by atoms with Crippen molar-refractivity contribution in [2.24, 2.45) is 0 Å². The van der Waals surface area contributed by atoms with Gasteiger partial charge in [-0.3, -0.25) is 0 Å². The lowest BCUT2D eigenvalue weighted by molar-refractivity contribution is -0.149. The van der Waals surface area contributed by atoms with Crippen LogP contribution in [0.25, 0.3) is 6.08 Å². The van der Waals surface area contributed by atoms with Crippen molar-refractivity contribution in [3.8, 4) is 11.5 Å². The summed E-state index contributed by atoms with van der Waals surface area (Å²) in [4.78, 5) is 11.8. The Morgan fingerprint density at radius 2 is 2.05 bits per heavy atom. The van der Waals surface area contributed by atoms with Gasteiger partial charge in [0, 0.05) is 0 Å². The molecule has 4 nitrogen and oxygen atoms in total. The number of esters is 1. The lowest BCUT2D eigenvalue weighted by Crippen LogP contribution is -2.28. The molecule has 0 heterocycles. The van der Waals surface area contributed by atoms with Gasteiger partial charge in [0.15, 0.2) is 17.6 Å². The molecule has 0 aliphatic heterocycles. The zero-order valence-corrected chi connectivity index (χ0v) is 13.2. The number of ether oxygens (including phenoxy) is 3. The van der Waals surface area contributed by atoms with Crippen molar-refractivity contribution in [2.75, 3.05) is 14.2 Å². The van der Waals surface area contributed by atoms with Gasteiger partial charge in [0.05, 0.1) is 14.2 Å². The van der Waals surface area contributed by atoms with Gasteiger partial charge in [0.2, 0.25) is 0 Å². The Balaban J connectivity index is 2.93. The quantitative estimate of drug-likeness (QED) is 0.683. The van der Waals surface area contributed by atoms with Crippen LogP contribution >= 0.6 is 0 Å². The number of methoxy groups -OCH3 is 2. The van der Waals surface area contributed by atoms with E-state index in [0.29, 0.717) is 17.9 Å². The Bertz CT molecular complexity index is 480. The maximum atomic E-state index is 11.8. The summed E-state index contributed by atoms with van der Waals surface area (Å²) in [5.74, 6) is 0.802. The highest BCUT2D eigenvalue weighted by Crippen LogP contribution is 2.30. The fourth-order valence-electron chi connectivity index (χ4n) is 1.98. The van der Waals surface area contributed by atoms with Crippen molar-refractivity contribution in [2.45, 2.75) is 39.2 Å². The summed E-state index contributed by atoms with van der Waals surface area (Å²) in [5, 5.41) is 0. The molecular formula is C17H24O4. The van der Waals surface area contributed by atoms with E-state index in [1.165, 1.54) is 7.11 Å². The number of carbonyl (C=O) groups is 1. The molecule has 1 aromatic carbocycles. The topological polar surface area (TPSA) is 44.8 Å². The number of allylic oxidation sites excluding steroid dienone is 1. The number of carbonyl (C=O) groups excluding carboxylic acids is 1. The minimum absolute atomic E-state index is 0.358. The summed E-state index contributed by atoms with van der Waals surface area (Å²) < 4.78 is 15.9. The molecular weight excluding hydrogens is 268 g/mol. The van der Waals surface area contributed by atoms with Crippen LogP contribution in [-0.2, 0) is 9.53 Å². The maximum absolute atomic E-state index is 11.8. The van der Waals surface area contributed by atoms with Crippen LogP contribution < -0.4 is 9.47 Å². The molecule has 0 aliphatic carbocycles. The molecule has 0 aliphatic rings. The molecule has 21 heavy (non-hydrogen) atoms. The first kappa shape index (κ1) is 17.1. The molecule has 0 aromatic heterocycles. The van der Waals surface area contributed by atoms with Crippen LogP contribution in [0.5, 0.6) is 11.5 Å². The summed E-state index contributed by atoms with van der Waals surface area (Å²) in [5.41, 5.74) is 1.02. The van der Waals surface area contributed by atoms with E-state index >= 15 is 0 Å². The molecule has 0 radical (unpaired) electrons. The molecule has 0 saturated carbocycles. The summed E-state index contributed by atoms with van der Waals surface area (Å²) in [6.45, 7) is 4.02. The second-order valence-corrected chi connectivity index (χ2v) is 4.68. The Morgan fingerprint density at radius 1 is 1.29 bits per heavy atom. The first-order valence-electron chi connectivity index (χ1n) is 7.21. The van der Waals surface area contributed by atoms with Gasteiger partial charge >= 0.3 is 5.97 Å². The lowest BCUT2D eigenvalue weighted by atomic mass is 10.1. The number of rotatable bonds is 8. The molecule has 0 amide bonds. The van der Waals surface area contributed by atoms with Gasteiger partial charge in [-0.2, -0.15) is 0 Å². The van der Waals surface area contributed by atoms with Crippen LogP contribution in [0.15, 0.2) is 24.3 Å². The normalized spacial score (nSPS) is 12.2. The van der Waals surface area contributed by atoms with Crippen LogP contribution in [0.2, 0.25) is 0 Å². The zero-order valence-electron chi connectivity index (χ0n) is 13.2. The third kappa shape index (κ3) is 5.14. The number of hydrogen-bond donors (Lipinski definition) is 0. The summed E-state index contributed by atoms with van der Waals surface area (Å²) in [6.07, 6.45) is 5.85. The Kier molecular flexibility index (Phi) is 7.37.